The van der Waals surface area contributed by atoms with E-state index in [-0.39, 0.29) is 16.1 Å². The number of benzene rings is 1. The molecule has 0 unspecified atom stereocenters. The number of hydrogen-bond acceptors (Lipinski definition) is 3. The SMILES string of the molecule is CC(C)(C)CCS(=O)(=O)c1ccc(C#CC(C)(C)NC(=O)O)cc1. The van der Waals surface area contributed by atoms with Gasteiger partial charge in [0.15, 0.2) is 9.84 Å². The van der Waals surface area contributed by atoms with Crippen molar-refractivity contribution in [1.82, 2.24) is 5.32 Å². The van der Waals surface area contributed by atoms with Crippen LogP contribution in [0.5, 0.6) is 0 Å². The minimum absolute atomic E-state index is 0.0405. The molecule has 2 N–H and O–H groups in total. The zero-order chi connectivity index (χ0) is 18.6. The monoisotopic (exact) mass is 351 g/mol. The molecule has 0 aliphatic rings. The van der Waals surface area contributed by atoms with E-state index >= 15 is 0 Å². The highest BCUT2D eigenvalue weighted by atomic mass is 32.2. The molecular formula is C18H25NO4S. The van der Waals surface area contributed by atoms with Gasteiger partial charge >= 0.3 is 6.09 Å². The zero-order valence-corrected chi connectivity index (χ0v) is 15.6. The fourth-order valence-corrected chi connectivity index (χ4v) is 3.50. The van der Waals surface area contributed by atoms with Gasteiger partial charge in [-0.3, -0.25) is 0 Å². The molecule has 0 aromatic heterocycles. The standard InChI is InChI=1S/C18H25NO4S/c1-17(2,3)12-13-24(22,23)15-8-6-14(7-9-15)10-11-18(4,5)19-16(20)21/h6-9,19H,12-13H2,1-5H3,(H,20,21). The Balaban J connectivity index is 2.89. The summed E-state index contributed by atoms with van der Waals surface area (Å²) in [7, 11) is -3.31. The molecule has 1 aromatic rings. The molecular weight excluding hydrogens is 326 g/mol. The van der Waals surface area contributed by atoms with E-state index in [2.05, 4.69) is 17.2 Å². The molecule has 1 aromatic carbocycles. The molecule has 1 rings (SSSR count). The first-order valence-electron chi connectivity index (χ1n) is 7.68. The maximum atomic E-state index is 12.3. The molecule has 0 bridgehead atoms. The number of nitrogens with one attached hydrogen (secondary N) is 1. The first-order chi connectivity index (χ1) is 10.8. The Morgan fingerprint density at radius 2 is 1.67 bits per heavy atom. The molecule has 24 heavy (non-hydrogen) atoms. The van der Waals surface area contributed by atoms with Crippen molar-refractivity contribution in [2.45, 2.75) is 51.5 Å². The summed E-state index contributed by atoms with van der Waals surface area (Å²) >= 11 is 0. The third-order valence-corrected chi connectivity index (χ3v) is 5.00. The van der Waals surface area contributed by atoms with Crippen molar-refractivity contribution >= 4 is 15.9 Å². The topological polar surface area (TPSA) is 83.5 Å². The number of hydrogen-bond donors (Lipinski definition) is 2. The number of carboxylic acid groups (broad SMARTS) is 1. The summed E-state index contributed by atoms with van der Waals surface area (Å²) in [5, 5.41) is 11.0. The summed E-state index contributed by atoms with van der Waals surface area (Å²) in [4.78, 5) is 10.9. The van der Waals surface area contributed by atoms with Crippen LogP contribution in [0.4, 0.5) is 4.79 Å². The molecule has 0 aliphatic heterocycles. The number of amides is 1. The van der Waals surface area contributed by atoms with E-state index in [0.29, 0.717) is 12.0 Å². The molecule has 0 aliphatic carbocycles. The summed E-state index contributed by atoms with van der Waals surface area (Å²) in [5.41, 5.74) is -0.296. The minimum atomic E-state index is -3.31. The van der Waals surface area contributed by atoms with E-state index in [4.69, 9.17) is 5.11 Å². The Bertz CT molecular complexity index is 745. The molecule has 0 heterocycles. The zero-order valence-electron chi connectivity index (χ0n) is 14.8. The van der Waals surface area contributed by atoms with Gasteiger partial charge in [-0.2, -0.15) is 0 Å². The van der Waals surface area contributed by atoms with E-state index < -0.39 is 21.5 Å². The van der Waals surface area contributed by atoms with E-state index in [1.54, 1.807) is 38.1 Å². The average Bonchev–Trinajstić information content (AvgIpc) is 2.42. The van der Waals surface area contributed by atoms with Gasteiger partial charge in [0, 0.05) is 5.56 Å². The Morgan fingerprint density at radius 3 is 2.12 bits per heavy atom. The third kappa shape index (κ3) is 7.05. The molecule has 0 atom stereocenters. The van der Waals surface area contributed by atoms with Crippen molar-refractivity contribution < 1.29 is 18.3 Å². The summed E-state index contributed by atoms with van der Waals surface area (Å²) in [5.74, 6) is 5.78. The highest BCUT2D eigenvalue weighted by Gasteiger charge is 2.19. The summed E-state index contributed by atoms with van der Waals surface area (Å²) in [6.45, 7) is 9.33. The first kappa shape index (κ1) is 20.0. The van der Waals surface area contributed by atoms with Crippen LogP contribution in [0.3, 0.4) is 0 Å². The van der Waals surface area contributed by atoms with Gasteiger partial charge in [0.2, 0.25) is 0 Å². The van der Waals surface area contributed by atoms with Gasteiger partial charge in [-0.25, -0.2) is 13.2 Å². The van der Waals surface area contributed by atoms with Gasteiger partial charge in [0.1, 0.15) is 0 Å². The highest BCUT2D eigenvalue weighted by molar-refractivity contribution is 7.91. The highest BCUT2D eigenvalue weighted by Crippen LogP contribution is 2.22. The fraction of sp³-hybridized carbons (Fsp3) is 0.500. The van der Waals surface area contributed by atoms with E-state index in [0.717, 1.165) is 0 Å². The van der Waals surface area contributed by atoms with E-state index in [9.17, 15) is 13.2 Å². The molecule has 5 nitrogen and oxygen atoms in total. The molecule has 0 saturated heterocycles. The Kier molecular flexibility index (Phi) is 6.07. The third-order valence-electron chi connectivity index (χ3n) is 3.27. The van der Waals surface area contributed by atoms with Crippen LogP contribution in [0, 0.1) is 17.3 Å². The van der Waals surface area contributed by atoms with Crippen molar-refractivity contribution in [2.24, 2.45) is 5.41 Å². The van der Waals surface area contributed by atoms with Crippen LogP contribution in [0.15, 0.2) is 29.2 Å². The Hall–Kier alpha value is -2.00. The summed E-state index contributed by atoms with van der Waals surface area (Å²) in [6.07, 6.45) is -0.555. The molecule has 1 amide bonds. The van der Waals surface area contributed by atoms with Crippen molar-refractivity contribution in [3.8, 4) is 11.8 Å². The Labute approximate surface area is 144 Å². The van der Waals surface area contributed by atoms with Gasteiger partial charge in [-0.15, -0.1) is 0 Å². The second-order valence-corrected chi connectivity index (χ2v) is 9.57. The van der Waals surface area contributed by atoms with Crippen molar-refractivity contribution in [1.29, 1.82) is 0 Å². The van der Waals surface area contributed by atoms with Crippen molar-refractivity contribution in [3.63, 3.8) is 0 Å². The predicted molar refractivity (Wildman–Crippen MR) is 94.7 cm³/mol. The normalized spacial score (nSPS) is 12.2. The summed E-state index contributed by atoms with van der Waals surface area (Å²) < 4.78 is 24.6. The van der Waals surface area contributed by atoms with Gasteiger partial charge < -0.3 is 10.4 Å². The van der Waals surface area contributed by atoms with Crippen molar-refractivity contribution in [3.05, 3.63) is 29.8 Å². The molecule has 0 saturated carbocycles. The van der Waals surface area contributed by atoms with Crippen LogP contribution < -0.4 is 5.32 Å². The largest absolute Gasteiger partial charge is 0.465 e. The van der Waals surface area contributed by atoms with Gasteiger partial charge in [-0.05, 0) is 49.9 Å². The predicted octanol–water partition coefficient (Wildman–Crippen LogP) is 3.29. The number of carbonyl (C=O) groups is 1. The van der Waals surface area contributed by atoms with Crippen LogP contribution in [-0.2, 0) is 9.84 Å². The number of sulfone groups is 1. The van der Waals surface area contributed by atoms with Crippen LogP contribution in [-0.4, -0.2) is 30.9 Å². The lowest BCUT2D eigenvalue weighted by Crippen LogP contribution is -2.41. The molecule has 0 spiro atoms. The summed E-state index contributed by atoms with van der Waals surface area (Å²) in [6, 6.07) is 6.35. The Morgan fingerprint density at radius 1 is 1.12 bits per heavy atom. The van der Waals surface area contributed by atoms with Crippen LogP contribution in [0.25, 0.3) is 0 Å². The fourth-order valence-electron chi connectivity index (χ4n) is 1.83. The maximum absolute atomic E-state index is 12.3. The molecule has 0 fully saturated rings. The smallest absolute Gasteiger partial charge is 0.405 e. The minimum Gasteiger partial charge on any atom is -0.465 e. The average molecular weight is 351 g/mol. The van der Waals surface area contributed by atoms with Crippen LogP contribution >= 0.6 is 0 Å². The van der Waals surface area contributed by atoms with Crippen LogP contribution in [0.1, 0.15) is 46.6 Å². The van der Waals surface area contributed by atoms with Gasteiger partial charge in [0.25, 0.3) is 0 Å². The lowest BCUT2D eigenvalue weighted by Gasteiger charge is -2.17. The lowest BCUT2D eigenvalue weighted by molar-refractivity contribution is 0.188. The van der Waals surface area contributed by atoms with Gasteiger partial charge in [-0.1, -0.05) is 32.6 Å². The maximum Gasteiger partial charge on any atom is 0.405 e. The quantitative estimate of drug-likeness (QED) is 0.815. The van der Waals surface area contributed by atoms with Crippen molar-refractivity contribution in [2.75, 3.05) is 5.75 Å². The van der Waals surface area contributed by atoms with E-state index in [1.807, 2.05) is 20.8 Å². The molecule has 6 heteroatoms. The van der Waals surface area contributed by atoms with Crippen LogP contribution in [0.2, 0.25) is 0 Å². The second kappa shape index (κ2) is 7.27. The molecule has 0 radical (unpaired) electrons. The molecule has 132 valence electrons. The van der Waals surface area contributed by atoms with E-state index in [1.165, 1.54) is 0 Å². The van der Waals surface area contributed by atoms with Gasteiger partial charge in [0.05, 0.1) is 16.2 Å². The second-order valence-electron chi connectivity index (χ2n) is 7.46. The first-order valence-corrected chi connectivity index (χ1v) is 9.33. The number of rotatable bonds is 4. The lowest BCUT2D eigenvalue weighted by atomic mass is 9.94.